The molecular weight excluding hydrogens is 455 g/mol. The monoisotopic (exact) mass is 476 g/mol. The lowest BCUT2D eigenvalue weighted by Crippen LogP contribution is -2.38. The minimum atomic E-state index is -4.05. The van der Waals surface area contributed by atoms with Crippen LogP contribution in [0.5, 0.6) is 0 Å². The molecular formula is C23H22Cl2N2O3S. The number of anilines is 2. The summed E-state index contributed by atoms with van der Waals surface area (Å²) in [6.45, 7) is 5.32. The number of aryl methyl sites for hydroxylation is 3. The molecule has 0 aliphatic rings. The van der Waals surface area contributed by atoms with Gasteiger partial charge >= 0.3 is 0 Å². The lowest BCUT2D eigenvalue weighted by atomic mass is 10.1. The third kappa shape index (κ3) is 5.39. The van der Waals surface area contributed by atoms with E-state index in [2.05, 4.69) is 5.32 Å². The molecule has 0 radical (unpaired) electrons. The van der Waals surface area contributed by atoms with Gasteiger partial charge in [0.15, 0.2) is 0 Å². The van der Waals surface area contributed by atoms with Crippen molar-refractivity contribution in [2.75, 3.05) is 16.2 Å². The maximum Gasteiger partial charge on any atom is 0.264 e. The average Bonchev–Trinajstić information content (AvgIpc) is 2.68. The van der Waals surface area contributed by atoms with Gasteiger partial charge in [-0.3, -0.25) is 9.10 Å². The molecule has 0 spiro atoms. The van der Waals surface area contributed by atoms with Crippen LogP contribution in [0.2, 0.25) is 10.0 Å². The van der Waals surface area contributed by atoms with E-state index in [0.29, 0.717) is 5.69 Å². The molecule has 31 heavy (non-hydrogen) atoms. The third-order valence-electron chi connectivity index (χ3n) is 4.70. The fraction of sp³-hybridized carbons (Fsp3) is 0.174. The van der Waals surface area contributed by atoms with E-state index >= 15 is 0 Å². The molecule has 0 saturated carbocycles. The Morgan fingerprint density at radius 3 is 2.00 bits per heavy atom. The minimum absolute atomic E-state index is 0.0570. The van der Waals surface area contributed by atoms with Crippen LogP contribution in [0.4, 0.5) is 11.4 Å². The SMILES string of the molecule is Cc1cc(C)c(NC(=O)CN(c2cc(Cl)cc(Cl)c2)S(=O)(=O)c2ccccc2)c(C)c1. The maximum absolute atomic E-state index is 13.4. The molecule has 0 saturated heterocycles. The summed E-state index contributed by atoms with van der Waals surface area (Å²) in [6, 6.07) is 16.2. The van der Waals surface area contributed by atoms with Crippen molar-refractivity contribution in [1.29, 1.82) is 0 Å². The molecule has 162 valence electrons. The highest BCUT2D eigenvalue weighted by Crippen LogP contribution is 2.30. The molecule has 0 unspecified atom stereocenters. The van der Waals surface area contributed by atoms with Gasteiger partial charge in [-0.05, 0) is 62.2 Å². The number of benzene rings is 3. The van der Waals surface area contributed by atoms with Crippen molar-refractivity contribution in [1.82, 2.24) is 0 Å². The van der Waals surface area contributed by atoms with Gasteiger partial charge in [-0.15, -0.1) is 0 Å². The Balaban J connectivity index is 2.00. The number of halogens is 2. The molecule has 1 amide bonds. The second-order valence-corrected chi connectivity index (χ2v) is 10.0. The van der Waals surface area contributed by atoms with Crippen molar-refractivity contribution in [3.05, 3.63) is 87.4 Å². The average molecular weight is 477 g/mol. The number of sulfonamides is 1. The fourth-order valence-electron chi connectivity index (χ4n) is 3.40. The van der Waals surface area contributed by atoms with Gasteiger partial charge in [0, 0.05) is 15.7 Å². The summed E-state index contributed by atoms with van der Waals surface area (Å²) in [5.74, 6) is -0.481. The molecule has 3 rings (SSSR count). The molecule has 0 aliphatic heterocycles. The molecule has 0 fully saturated rings. The topological polar surface area (TPSA) is 66.5 Å². The molecule has 0 aromatic heterocycles. The summed E-state index contributed by atoms with van der Waals surface area (Å²) in [5, 5.41) is 3.38. The molecule has 0 atom stereocenters. The number of amides is 1. The highest BCUT2D eigenvalue weighted by Gasteiger charge is 2.28. The third-order valence-corrected chi connectivity index (χ3v) is 6.92. The van der Waals surface area contributed by atoms with E-state index in [0.717, 1.165) is 21.0 Å². The van der Waals surface area contributed by atoms with Gasteiger partial charge < -0.3 is 5.32 Å². The van der Waals surface area contributed by atoms with Crippen molar-refractivity contribution in [3.63, 3.8) is 0 Å². The zero-order valence-corrected chi connectivity index (χ0v) is 19.6. The smallest absolute Gasteiger partial charge is 0.264 e. The van der Waals surface area contributed by atoms with Crippen molar-refractivity contribution < 1.29 is 13.2 Å². The Morgan fingerprint density at radius 1 is 0.903 bits per heavy atom. The Morgan fingerprint density at radius 2 is 1.45 bits per heavy atom. The van der Waals surface area contributed by atoms with Crippen molar-refractivity contribution in [2.45, 2.75) is 25.7 Å². The quantitative estimate of drug-likeness (QED) is 0.492. The molecule has 3 aromatic rings. The summed E-state index contributed by atoms with van der Waals surface area (Å²) in [4.78, 5) is 13.0. The summed E-state index contributed by atoms with van der Waals surface area (Å²) in [6.07, 6.45) is 0. The lowest BCUT2D eigenvalue weighted by Gasteiger charge is -2.25. The highest BCUT2D eigenvalue weighted by molar-refractivity contribution is 7.92. The normalized spacial score (nSPS) is 11.3. The highest BCUT2D eigenvalue weighted by atomic mass is 35.5. The molecule has 3 aromatic carbocycles. The Kier molecular flexibility index (Phi) is 6.94. The van der Waals surface area contributed by atoms with E-state index in [1.165, 1.54) is 30.3 Å². The minimum Gasteiger partial charge on any atom is -0.324 e. The summed E-state index contributed by atoms with van der Waals surface area (Å²) >= 11 is 12.2. The van der Waals surface area contributed by atoms with Crippen LogP contribution in [-0.2, 0) is 14.8 Å². The van der Waals surface area contributed by atoms with Gasteiger partial charge in [-0.25, -0.2) is 8.42 Å². The number of nitrogens with zero attached hydrogens (tertiary/aromatic N) is 1. The van der Waals surface area contributed by atoms with Gasteiger partial charge in [-0.2, -0.15) is 0 Å². The zero-order valence-electron chi connectivity index (χ0n) is 17.3. The molecule has 0 heterocycles. The van der Waals surface area contributed by atoms with Crippen molar-refractivity contribution >= 4 is 50.5 Å². The number of carbonyl (C=O) groups is 1. The number of carbonyl (C=O) groups excluding carboxylic acids is 1. The first-order valence-electron chi connectivity index (χ1n) is 9.49. The molecule has 0 bridgehead atoms. The van der Waals surface area contributed by atoms with Crippen LogP contribution >= 0.6 is 23.2 Å². The van der Waals surface area contributed by atoms with Gasteiger partial charge in [0.25, 0.3) is 10.0 Å². The number of hydrogen-bond acceptors (Lipinski definition) is 3. The van der Waals surface area contributed by atoms with Crippen LogP contribution in [0, 0.1) is 20.8 Å². The van der Waals surface area contributed by atoms with Crippen molar-refractivity contribution in [2.24, 2.45) is 0 Å². The number of nitrogens with one attached hydrogen (secondary N) is 1. The van der Waals surface area contributed by atoms with Gasteiger partial charge in [-0.1, -0.05) is 59.1 Å². The Bertz CT molecular complexity index is 1190. The van der Waals surface area contributed by atoms with Crippen LogP contribution in [0.15, 0.2) is 65.6 Å². The predicted octanol–water partition coefficient (Wildman–Crippen LogP) is 5.75. The van der Waals surface area contributed by atoms with Gasteiger partial charge in [0.05, 0.1) is 10.6 Å². The number of rotatable bonds is 6. The van der Waals surface area contributed by atoms with Crippen LogP contribution in [0.25, 0.3) is 0 Å². The van der Waals surface area contributed by atoms with E-state index in [9.17, 15) is 13.2 Å². The molecule has 8 heteroatoms. The second kappa shape index (κ2) is 9.30. The second-order valence-electron chi connectivity index (χ2n) is 7.27. The fourth-order valence-corrected chi connectivity index (χ4v) is 5.34. The van der Waals surface area contributed by atoms with Gasteiger partial charge in [0.1, 0.15) is 6.54 Å². The number of hydrogen-bond donors (Lipinski definition) is 1. The van der Waals surface area contributed by atoms with Crippen LogP contribution in [0.3, 0.4) is 0 Å². The van der Waals surface area contributed by atoms with Crippen LogP contribution < -0.4 is 9.62 Å². The van der Waals surface area contributed by atoms with Crippen LogP contribution in [-0.4, -0.2) is 20.9 Å². The van der Waals surface area contributed by atoms with E-state index in [1.807, 2.05) is 32.9 Å². The Hall–Kier alpha value is -2.54. The van der Waals surface area contributed by atoms with Crippen molar-refractivity contribution in [3.8, 4) is 0 Å². The Labute approximate surface area is 192 Å². The standard InChI is InChI=1S/C23H22Cl2N2O3S/c1-15-9-16(2)23(17(3)10-15)26-22(28)14-27(20-12-18(24)11-19(25)13-20)31(29,30)21-7-5-4-6-8-21/h4-13H,14H2,1-3H3,(H,26,28). The first-order chi connectivity index (χ1) is 14.6. The largest absolute Gasteiger partial charge is 0.324 e. The first kappa shape index (κ1) is 23.1. The van der Waals surface area contributed by atoms with E-state index in [4.69, 9.17) is 23.2 Å². The van der Waals surface area contributed by atoms with E-state index in [1.54, 1.807) is 18.2 Å². The van der Waals surface area contributed by atoms with Gasteiger partial charge in [0.2, 0.25) is 5.91 Å². The molecule has 1 N–H and O–H groups in total. The summed E-state index contributed by atoms with van der Waals surface area (Å²) in [7, 11) is -4.05. The summed E-state index contributed by atoms with van der Waals surface area (Å²) in [5.41, 5.74) is 3.74. The summed E-state index contributed by atoms with van der Waals surface area (Å²) < 4.78 is 27.8. The molecule has 0 aliphatic carbocycles. The van der Waals surface area contributed by atoms with E-state index in [-0.39, 0.29) is 20.6 Å². The molecule has 5 nitrogen and oxygen atoms in total. The zero-order chi connectivity index (χ0) is 22.8. The lowest BCUT2D eigenvalue weighted by molar-refractivity contribution is -0.114. The van der Waals surface area contributed by atoms with E-state index < -0.39 is 22.5 Å². The predicted molar refractivity (Wildman–Crippen MR) is 127 cm³/mol. The maximum atomic E-state index is 13.4. The van der Waals surface area contributed by atoms with Crippen LogP contribution in [0.1, 0.15) is 16.7 Å². The first-order valence-corrected chi connectivity index (χ1v) is 11.7.